The number of carboxylic acids is 1. The zero-order chi connectivity index (χ0) is 15.6. The summed E-state index contributed by atoms with van der Waals surface area (Å²) in [7, 11) is 0. The second-order valence-corrected chi connectivity index (χ2v) is 6.45. The molecule has 1 atom stereocenters. The fourth-order valence-corrected chi connectivity index (χ4v) is 1.85. The minimum atomic E-state index is -1.000. The largest absolute Gasteiger partial charge is 0.481 e. The molecule has 6 heteroatoms. The third kappa shape index (κ3) is 4.10. The first-order valence-corrected chi connectivity index (χ1v) is 6.92. The van der Waals surface area contributed by atoms with Gasteiger partial charge in [0.2, 0.25) is 0 Å². The Morgan fingerprint density at radius 1 is 1.35 bits per heavy atom. The summed E-state index contributed by atoms with van der Waals surface area (Å²) in [6.07, 6.45) is 0.366. The second kappa shape index (κ2) is 5.99. The van der Waals surface area contributed by atoms with Crippen molar-refractivity contribution in [1.29, 1.82) is 0 Å². The van der Waals surface area contributed by atoms with Gasteiger partial charge in [0.15, 0.2) is 0 Å². The Hall–Kier alpha value is -1.30. The molecule has 0 saturated carbocycles. The average Bonchev–Trinajstić information content (AvgIpc) is 2.23. The van der Waals surface area contributed by atoms with Crippen LogP contribution in [0.2, 0.25) is 0 Å². The first-order chi connectivity index (χ1) is 9.09. The molecule has 0 spiro atoms. The highest BCUT2D eigenvalue weighted by atomic mass is 16.6. The highest BCUT2D eigenvalue weighted by molar-refractivity contribution is 5.80. The van der Waals surface area contributed by atoms with Gasteiger partial charge in [-0.2, -0.15) is 0 Å². The van der Waals surface area contributed by atoms with Gasteiger partial charge >= 0.3 is 12.1 Å². The van der Waals surface area contributed by atoms with Crippen molar-refractivity contribution in [1.82, 2.24) is 4.90 Å². The molecule has 1 heterocycles. The van der Waals surface area contributed by atoms with E-state index >= 15 is 0 Å². The zero-order valence-corrected chi connectivity index (χ0v) is 12.9. The SMILES string of the molecule is CCC(C)OCC1(C(=O)O)CN(C(=O)OC(C)(C)C)C1. The third-order valence-corrected chi connectivity index (χ3v) is 3.31. The van der Waals surface area contributed by atoms with E-state index in [0.717, 1.165) is 6.42 Å². The predicted molar refractivity (Wildman–Crippen MR) is 73.6 cm³/mol. The van der Waals surface area contributed by atoms with E-state index in [1.165, 1.54) is 4.90 Å². The molecule has 0 aromatic heterocycles. The van der Waals surface area contributed by atoms with Crippen LogP contribution in [0.3, 0.4) is 0 Å². The van der Waals surface area contributed by atoms with Crippen LogP contribution in [0.1, 0.15) is 41.0 Å². The van der Waals surface area contributed by atoms with Crippen molar-refractivity contribution in [2.45, 2.75) is 52.7 Å². The molecule has 1 aliphatic rings. The van der Waals surface area contributed by atoms with Crippen LogP contribution in [0.25, 0.3) is 0 Å². The number of aliphatic carboxylic acids is 1. The Labute approximate surface area is 120 Å². The van der Waals surface area contributed by atoms with Gasteiger partial charge in [-0.1, -0.05) is 6.92 Å². The lowest BCUT2D eigenvalue weighted by atomic mass is 9.81. The summed E-state index contributed by atoms with van der Waals surface area (Å²) in [4.78, 5) is 24.6. The number of hydrogen-bond acceptors (Lipinski definition) is 4. The lowest BCUT2D eigenvalue weighted by Gasteiger charge is -2.46. The summed E-state index contributed by atoms with van der Waals surface area (Å²) in [5.41, 5.74) is -1.58. The van der Waals surface area contributed by atoms with Crippen LogP contribution < -0.4 is 0 Å². The number of rotatable bonds is 5. The summed E-state index contributed by atoms with van der Waals surface area (Å²) in [5.74, 6) is -0.930. The molecule has 1 unspecified atom stereocenters. The van der Waals surface area contributed by atoms with Crippen LogP contribution in [-0.4, -0.2) is 53.5 Å². The monoisotopic (exact) mass is 287 g/mol. The number of ether oxygens (including phenoxy) is 2. The van der Waals surface area contributed by atoms with Crippen molar-refractivity contribution in [2.75, 3.05) is 19.7 Å². The summed E-state index contributed by atoms with van der Waals surface area (Å²) < 4.78 is 10.7. The Kier molecular flexibility index (Phi) is 5.02. The number of amides is 1. The first-order valence-electron chi connectivity index (χ1n) is 6.92. The molecule has 0 aliphatic carbocycles. The molecular formula is C14H25NO5. The van der Waals surface area contributed by atoms with E-state index in [1.54, 1.807) is 20.8 Å². The van der Waals surface area contributed by atoms with Gasteiger partial charge < -0.3 is 19.5 Å². The standard InChI is InChI=1S/C14H25NO5/c1-6-10(2)19-9-14(11(16)17)7-15(8-14)12(18)20-13(3,4)5/h10H,6-9H2,1-5H3,(H,16,17). The van der Waals surface area contributed by atoms with Gasteiger partial charge in [-0.05, 0) is 34.1 Å². The van der Waals surface area contributed by atoms with Gasteiger partial charge in [0.1, 0.15) is 11.0 Å². The van der Waals surface area contributed by atoms with Gasteiger partial charge in [0.25, 0.3) is 0 Å². The van der Waals surface area contributed by atoms with Gasteiger partial charge in [-0.3, -0.25) is 4.79 Å². The molecular weight excluding hydrogens is 262 g/mol. The van der Waals surface area contributed by atoms with E-state index in [2.05, 4.69) is 0 Å². The van der Waals surface area contributed by atoms with E-state index in [9.17, 15) is 14.7 Å². The van der Waals surface area contributed by atoms with E-state index in [1.807, 2.05) is 13.8 Å². The summed E-state index contributed by atoms with van der Waals surface area (Å²) >= 11 is 0. The minimum absolute atomic E-state index is 0.0156. The predicted octanol–water partition coefficient (Wildman–Crippen LogP) is 2.12. The number of nitrogens with zero attached hydrogens (tertiary/aromatic N) is 1. The lowest BCUT2D eigenvalue weighted by molar-refractivity contribution is -0.168. The summed E-state index contributed by atoms with van der Waals surface area (Å²) in [5, 5.41) is 9.34. The van der Waals surface area contributed by atoms with Gasteiger partial charge in [-0.25, -0.2) is 4.79 Å². The number of carbonyl (C=O) groups is 2. The highest BCUT2D eigenvalue weighted by Crippen LogP contribution is 2.33. The van der Waals surface area contributed by atoms with Crippen LogP contribution in [0.15, 0.2) is 0 Å². The Bertz CT molecular complexity index is 368. The quantitative estimate of drug-likeness (QED) is 0.838. The molecule has 0 radical (unpaired) electrons. The van der Waals surface area contributed by atoms with Crippen LogP contribution in [0, 0.1) is 5.41 Å². The van der Waals surface area contributed by atoms with Crippen molar-refractivity contribution in [3.8, 4) is 0 Å². The molecule has 1 aliphatic heterocycles. The van der Waals surface area contributed by atoms with Crippen molar-refractivity contribution in [3.63, 3.8) is 0 Å². The van der Waals surface area contributed by atoms with Crippen LogP contribution in [0.4, 0.5) is 4.79 Å². The lowest BCUT2D eigenvalue weighted by Crippen LogP contribution is -2.64. The average molecular weight is 287 g/mol. The van der Waals surface area contributed by atoms with Gasteiger partial charge in [-0.15, -0.1) is 0 Å². The highest BCUT2D eigenvalue weighted by Gasteiger charge is 2.52. The Morgan fingerprint density at radius 2 is 1.90 bits per heavy atom. The normalized spacial score (nSPS) is 19.1. The van der Waals surface area contributed by atoms with E-state index in [-0.39, 0.29) is 25.8 Å². The summed E-state index contributed by atoms with van der Waals surface area (Å²) in [6.45, 7) is 9.60. The Balaban J connectivity index is 2.55. The number of likely N-dealkylation sites (tertiary alicyclic amines) is 1. The van der Waals surface area contributed by atoms with Gasteiger partial charge in [0, 0.05) is 13.1 Å². The molecule has 1 saturated heterocycles. The maximum atomic E-state index is 11.8. The molecule has 1 rings (SSSR count). The maximum absolute atomic E-state index is 11.8. The van der Waals surface area contributed by atoms with E-state index < -0.39 is 23.1 Å². The topological polar surface area (TPSA) is 76.1 Å². The Morgan fingerprint density at radius 3 is 2.30 bits per heavy atom. The molecule has 6 nitrogen and oxygen atoms in total. The zero-order valence-electron chi connectivity index (χ0n) is 12.9. The first kappa shape index (κ1) is 16.8. The van der Waals surface area contributed by atoms with Crippen LogP contribution in [0.5, 0.6) is 0 Å². The maximum Gasteiger partial charge on any atom is 0.410 e. The van der Waals surface area contributed by atoms with E-state index in [4.69, 9.17) is 9.47 Å². The summed E-state index contributed by atoms with van der Waals surface area (Å²) in [6, 6.07) is 0. The second-order valence-electron chi connectivity index (χ2n) is 6.45. The van der Waals surface area contributed by atoms with Crippen LogP contribution in [-0.2, 0) is 14.3 Å². The molecule has 20 heavy (non-hydrogen) atoms. The molecule has 1 amide bonds. The van der Waals surface area contributed by atoms with Gasteiger partial charge in [0.05, 0.1) is 12.7 Å². The molecule has 1 fully saturated rings. The fourth-order valence-electron chi connectivity index (χ4n) is 1.85. The molecule has 0 bridgehead atoms. The fraction of sp³-hybridized carbons (Fsp3) is 0.857. The molecule has 1 N–H and O–H groups in total. The number of carbonyl (C=O) groups excluding carboxylic acids is 1. The van der Waals surface area contributed by atoms with Crippen molar-refractivity contribution >= 4 is 12.1 Å². The third-order valence-electron chi connectivity index (χ3n) is 3.31. The van der Waals surface area contributed by atoms with E-state index in [0.29, 0.717) is 0 Å². The number of carboxylic acid groups (broad SMARTS) is 1. The van der Waals surface area contributed by atoms with Crippen molar-refractivity contribution < 1.29 is 24.2 Å². The van der Waals surface area contributed by atoms with Crippen LogP contribution >= 0.6 is 0 Å². The smallest absolute Gasteiger partial charge is 0.410 e. The minimum Gasteiger partial charge on any atom is -0.481 e. The van der Waals surface area contributed by atoms with Crippen molar-refractivity contribution in [2.24, 2.45) is 5.41 Å². The molecule has 0 aromatic carbocycles. The number of hydrogen-bond donors (Lipinski definition) is 1. The molecule has 0 aromatic rings. The molecule has 116 valence electrons. The van der Waals surface area contributed by atoms with Crippen molar-refractivity contribution in [3.05, 3.63) is 0 Å².